The van der Waals surface area contributed by atoms with Crippen LogP contribution in [0.15, 0.2) is 35.0 Å². The van der Waals surface area contributed by atoms with Crippen molar-refractivity contribution < 1.29 is 13.7 Å². The van der Waals surface area contributed by atoms with E-state index in [2.05, 4.69) is 9.68 Å². The molecule has 0 radical (unpaired) electrons. The van der Waals surface area contributed by atoms with Gasteiger partial charge in [-0.05, 0) is 12.1 Å². The fourth-order valence-electron chi connectivity index (χ4n) is 1.10. The molecule has 0 aliphatic heterocycles. The van der Waals surface area contributed by atoms with Crippen LogP contribution in [-0.2, 0) is 6.61 Å². The Balaban J connectivity index is 2.02. The van der Waals surface area contributed by atoms with Gasteiger partial charge in [-0.1, -0.05) is 11.2 Å². The van der Waals surface area contributed by atoms with E-state index in [1.165, 1.54) is 18.3 Å². The van der Waals surface area contributed by atoms with Gasteiger partial charge in [-0.15, -0.1) is 0 Å². The number of ether oxygens (including phenoxy) is 1. The summed E-state index contributed by atoms with van der Waals surface area (Å²) >= 11 is 0. The lowest BCUT2D eigenvalue weighted by Crippen LogP contribution is -1.97. The minimum absolute atomic E-state index is 0.207. The lowest BCUT2D eigenvalue weighted by atomic mass is 10.3. The number of benzene rings is 1. The molecule has 2 N–H and O–H groups in total. The van der Waals surface area contributed by atoms with Gasteiger partial charge in [0.25, 0.3) is 0 Å². The second kappa shape index (κ2) is 4.00. The standard InChI is InChI=1S/C10H9FN2O2/c11-8-2-1-3-9(4-8)14-6-7-5-13-15-10(7)12/h1-5H,6,12H2. The van der Waals surface area contributed by atoms with Crippen LogP contribution in [0.3, 0.4) is 0 Å². The Hall–Kier alpha value is -2.04. The van der Waals surface area contributed by atoms with Crippen molar-refractivity contribution in [3.05, 3.63) is 41.8 Å². The minimum Gasteiger partial charge on any atom is -0.489 e. The number of rotatable bonds is 3. The first kappa shape index (κ1) is 9.51. The Morgan fingerprint density at radius 2 is 2.33 bits per heavy atom. The fraction of sp³-hybridized carbons (Fsp3) is 0.100. The third kappa shape index (κ3) is 2.25. The highest BCUT2D eigenvalue weighted by atomic mass is 19.1. The predicted octanol–water partition coefficient (Wildman–Crippen LogP) is 1.97. The summed E-state index contributed by atoms with van der Waals surface area (Å²) in [6.07, 6.45) is 1.47. The Morgan fingerprint density at radius 1 is 1.47 bits per heavy atom. The van der Waals surface area contributed by atoms with E-state index in [-0.39, 0.29) is 18.3 Å². The van der Waals surface area contributed by atoms with Crippen LogP contribution >= 0.6 is 0 Å². The van der Waals surface area contributed by atoms with Crippen molar-refractivity contribution in [3.63, 3.8) is 0 Å². The maximum atomic E-state index is 12.8. The summed E-state index contributed by atoms with van der Waals surface area (Å²) in [4.78, 5) is 0. The van der Waals surface area contributed by atoms with Crippen LogP contribution in [0.25, 0.3) is 0 Å². The van der Waals surface area contributed by atoms with Crippen molar-refractivity contribution in [2.75, 3.05) is 5.73 Å². The molecule has 0 saturated heterocycles. The molecule has 15 heavy (non-hydrogen) atoms. The topological polar surface area (TPSA) is 61.3 Å². The molecule has 1 aromatic heterocycles. The van der Waals surface area contributed by atoms with E-state index in [0.717, 1.165) is 0 Å². The van der Waals surface area contributed by atoms with E-state index >= 15 is 0 Å². The molecule has 0 spiro atoms. The largest absolute Gasteiger partial charge is 0.489 e. The van der Waals surface area contributed by atoms with Crippen LogP contribution in [0, 0.1) is 5.82 Å². The van der Waals surface area contributed by atoms with Crippen molar-refractivity contribution >= 4 is 5.88 Å². The monoisotopic (exact) mass is 208 g/mol. The van der Waals surface area contributed by atoms with E-state index in [0.29, 0.717) is 11.3 Å². The summed E-state index contributed by atoms with van der Waals surface area (Å²) in [6, 6.07) is 5.87. The van der Waals surface area contributed by atoms with E-state index < -0.39 is 0 Å². The van der Waals surface area contributed by atoms with Gasteiger partial charge in [0.05, 0.1) is 11.8 Å². The molecule has 0 unspecified atom stereocenters. The van der Waals surface area contributed by atoms with Gasteiger partial charge in [-0.3, -0.25) is 0 Å². The average molecular weight is 208 g/mol. The summed E-state index contributed by atoms with van der Waals surface area (Å²) in [5.74, 6) is 0.313. The zero-order valence-electron chi connectivity index (χ0n) is 7.81. The Kier molecular flexibility index (Phi) is 2.53. The SMILES string of the molecule is Nc1oncc1COc1cccc(F)c1. The summed E-state index contributed by atoms with van der Waals surface area (Å²) in [6.45, 7) is 0.207. The summed E-state index contributed by atoms with van der Waals surface area (Å²) in [7, 11) is 0. The highest BCUT2D eigenvalue weighted by Gasteiger charge is 2.04. The Morgan fingerprint density at radius 3 is 3.00 bits per heavy atom. The number of nitrogens with two attached hydrogens (primary N) is 1. The normalized spacial score (nSPS) is 10.2. The van der Waals surface area contributed by atoms with Gasteiger partial charge in [0.15, 0.2) is 0 Å². The predicted molar refractivity (Wildman–Crippen MR) is 51.6 cm³/mol. The molecule has 0 fully saturated rings. The third-order valence-electron chi connectivity index (χ3n) is 1.87. The molecule has 0 aliphatic carbocycles. The van der Waals surface area contributed by atoms with E-state index in [4.69, 9.17) is 10.5 Å². The van der Waals surface area contributed by atoms with Gasteiger partial charge in [0.1, 0.15) is 18.2 Å². The zero-order chi connectivity index (χ0) is 10.7. The van der Waals surface area contributed by atoms with Crippen LogP contribution in [0.1, 0.15) is 5.56 Å². The zero-order valence-corrected chi connectivity index (χ0v) is 7.81. The van der Waals surface area contributed by atoms with Crippen molar-refractivity contribution in [2.24, 2.45) is 0 Å². The molecule has 1 heterocycles. The smallest absolute Gasteiger partial charge is 0.228 e. The molecular formula is C10H9FN2O2. The number of hydrogen-bond acceptors (Lipinski definition) is 4. The third-order valence-corrected chi connectivity index (χ3v) is 1.87. The molecule has 78 valence electrons. The first-order valence-corrected chi connectivity index (χ1v) is 4.33. The van der Waals surface area contributed by atoms with Gasteiger partial charge in [0.2, 0.25) is 5.88 Å². The average Bonchev–Trinajstić information content (AvgIpc) is 2.61. The molecule has 0 bridgehead atoms. The first-order chi connectivity index (χ1) is 7.25. The van der Waals surface area contributed by atoms with Crippen LogP contribution in [0.2, 0.25) is 0 Å². The molecule has 0 atom stereocenters. The lowest BCUT2D eigenvalue weighted by Gasteiger charge is -2.03. The second-order valence-electron chi connectivity index (χ2n) is 2.96. The molecule has 0 amide bonds. The van der Waals surface area contributed by atoms with Crippen molar-refractivity contribution in [2.45, 2.75) is 6.61 Å². The molecule has 2 rings (SSSR count). The summed E-state index contributed by atoms with van der Waals surface area (Å²) in [5, 5.41) is 3.50. The highest BCUT2D eigenvalue weighted by Crippen LogP contribution is 2.16. The van der Waals surface area contributed by atoms with E-state index in [9.17, 15) is 4.39 Å². The summed E-state index contributed by atoms with van der Waals surface area (Å²) in [5.41, 5.74) is 6.09. The van der Waals surface area contributed by atoms with E-state index in [1.807, 2.05) is 0 Å². The molecule has 1 aromatic carbocycles. The quantitative estimate of drug-likeness (QED) is 0.837. The first-order valence-electron chi connectivity index (χ1n) is 4.33. The molecule has 0 aliphatic rings. The van der Waals surface area contributed by atoms with Gasteiger partial charge in [-0.25, -0.2) is 4.39 Å². The molecule has 2 aromatic rings. The highest BCUT2D eigenvalue weighted by molar-refractivity contribution is 5.33. The number of halogens is 1. The lowest BCUT2D eigenvalue weighted by molar-refractivity contribution is 0.304. The maximum Gasteiger partial charge on any atom is 0.228 e. The number of hydrogen-bond donors (Lipinski definition) is 1. The van der Waals surface area contributed by atoms with Crippen LogP contribution in [0.4, 0.5) is 10.3 Å². The van der Waals surface area contributed by atoms with Crippen LogP contribution in [0.5, 0.6) is 5.75 Å². The summed E-state index contributed by atoms with van der Waals surface area (Å²) < 4.78 is 22.7. The number of anilines is 1. The van der Waals surface area contributed by atoms with Crippen LogP contribution < -0.4 is 10.5 Å². The fourth-order valence-corrected chi connectivity index (χ4v) is 1.10. The number of nitrogen functional groups attached to an aromatic ring is 1. The molecular weight excluding hydrogens is 199 g/mol. The van der Waals surface area contributed by atoms with Gasteiger partial charge in [-0.2, -0.15) is 0 Å². The molecule has 4 nitrogen and oxygen atoms in total. The van der Waals surface area contributed by atoms with Gasteiger partial charge in [0, 0.05) is 6.07 Å². The second-order valence-corrected chi connectivity index (χ2v) is 2.96. The minimum atomic E-state index is -0.342. The number of aromatic nitrogens is 1. The van der Waals surface area contributed by atoms with Crippen molar-refractivity contribution in [1.82, 2.24) is 5.16 Å². The van der Waals surface area contributed by atoms with Crippen LogP contribution in [-0.4, -0.2) is 5.16 Å². The maximum absolute atomic E-state index is 12.8. The molecule has 5 heteroatoms. The Bertz CT molecular complexity index is 456. The van der Waals surface area contributed by atoms with E-state index in [1.54, 1.807) is 12.1 Å². The number of nitrogens with zero attached hydrogens (tertiary/aromatic N) is 1. The van der Waals surface area contributed by atoms with Gasteiger partial charge < -0.3 is 15.0 Å². The van der Waals surface area contributed by atoms with Crippen molar-refractivity contribution in [3.8, 4) is 5.75 Å². The molecule has 0 saturated carbocycles. The Labute approximate surface area is 85.4 Å². The van der Waals surface area contributed by atoms with Gasteiger partial charge >= 0.3 is 0 Å². The van der Waals surface area contributed by atoms with Crippen molar-refractivity contribution in [1.29, 1.82) is 0 Å².